The zero-order valence-corrected chi connectivity index (χ0v) is 12.5. The molecule has 3 rings (SSSR count). The molecule has 0 bridgehead atoms. The van der Waals surface area contributed by atoms with Gasteiger partial charge in [0.25, 0.3) is 5.56 Å². The maximum Gasteiger partial charge on any atom is 0.259 e. The fourth-order valence-corrected chi connectivity index (χ4v) is 2.50. The number of pyridine rings is 1. The molecule has 0 unspecified atom stereocenters. The number of rotatable bonds is 3. The van der Waals surface area contributed by atoms with Crippen LogP contribution >= 0.6 is 0 Å². The first-order valence-corrected chi connectivity index (χ1v) is 6.95. The highest BCUT2D eigenvalue weighted by Gasteiger charge is 2.23. The van der Waals surface area contributed by atoms with Crippen molar-refractivity contribution in [2.75, 3.05) is 0 Å². The lowest BCUT2D eigenvalue weighted by molar-refractivity contribution is 0.563. The van der Waals surface area contributed by atoms with Crippen molar-refractivity contribution in [3.63, 3.8) is 0 Å². The van der Waals surface area contributed by atoms with Gasteiger partial charge < -0.3 is 16.1 Å². The molecule has 0 aliphatic heterocycles. The number of aromatic nitrogens is 3. The maximum atomic E-state index is 14.2. The highest BCUT2D eigenvalue weighted by Crippen LogP contribution is 2.28. The number of allylic oxidation sites excluding steroid dienone is 1. The second kappa shape index (κ2) is 6.01. The van der Waals surface area contributed by atoms with E-state index in [1.807, 2.05) is 6.07 Å². The number of hydrogen-bond donors (Lipinski definition) is 3. The first kappa shape index (κ1) is 16.1. The predicted octanol–water partition coefficient (Wildman–Crippen LogP) is 1.81. The van der Waals surface area contributed by atoms with Gasteiger partial charge in [-0.05, 0) is 12.1 Å². The van der Waals surface area contributed by atoms with Crippen LogP contribution in [0.5, 0.6) is 0 Å². The second-order valence-corrected chi connectivity index (χ2v) is 4.96. The van der Waals surface area contributed by atoms with Gasteiger partial charge in [-0.25, -0.2) is 13.5 Å². The lowest BCUT2D eigenvalue weighted by atomic mass is 10.1. The average molecular weight is 340 g/mol. The summed E-state index contributed by atoms with van der Waals surface area (Å²) in [5.41, 5.74) is 4.15. The van der Waals surface area contributed by atoms with Gasteiger partial charge in [0, 0.05) is 24.2 Å². The highest BCUT2D eigenvalue weighted by atomic mass is 19.1. The quantitative estimate of drug-likeness (QED) is 0.629. The van der Waals surface area contributed by atoms with E-state index in [0.29, 0.717) is 0 Å². The average Bonchev–Trinajstić information content (AvgIpc) is 2.98. The number of nitrogens with two attached hydrogens (primary N) is 1. The minimum absolute atomic E-state index is 0.0441. The van der Waals surface area contributed by atoms with E-state index in [-0.39, 0.29) is 27.7 Å². The van der Waals surface area contributed by atoms with E-state index >= 15 is 0 Å². The van der Waals surface area contributed by atoms with Gasteiger partial charge in [-0.15, -0.1) is 0 Å². The summed E-state index contributed by atoms with van der Waals surface area (Å²) < 4.78 is 29.3. The Morgan fingerprint density at radius 3 is 2.64 bits per heavy atom. The Bertz CT molecular complexity index is 1120. The maximum absolute atomic E-state index is 14.2. The van der Waals surface area contributed by atoms with Crippen LogP contribution in [0.1, 0.15) is 11.3 Å². The van der Waals surface area contributed by atoms with Crippen LogP contribution in [-0.4, -0.2) is 21.0 Å². The molecule has 0 atom stereocenters. The number of halogens is 2. The Hall–Kier alpha value is -3.80. The fourth-order valence-electron chi connectivity index (χ4n) is 2.50. The van der Waals surface area contributed by atoms with Gasteiger partial charge in [0.05, 0.1) is 16.5 Å². The third-order valence-corrected chi connectivity index (χ3v) is 3.59. The molecule has 1 aromatic carbocycles. The smallest absolute Gasteiger partial charge is 0.259 e. The van der Waals surface area contributed by atoms with Crippen molar-refractivity contribution in [2.24, 2.45) is 5.73 Å². The number of fused-ring (bicyclic) bond motifs is 1. The zero-order valence-electron chi connectivity index (χ0n) is 12.5. The fraction of sp³-hybridized carbons (Fsp3) is 0. The van der Waals surface area contributed by atoms with Crippen LogP contribution in [0.4, 0.5) is 8.78 Å². The summed E-state index contributed by atoms with van der Waals surface area (Å²) in [5, 5.41) is 20.7. The van der Waals surface area contributed by atoms with E-state index < -0.39 is 22.9 Å². The number of H-pyrrole nitrogens is 1. The van der Waals surface area contributed by atoms with Crippen molar-refractivity contribution in [3.8, 4) is 11.8 Å². The first-order chi connectivity index (χ1) is 12.0. The Kier molecular flexibility index (Phi) is 3.86. The SMILES string of the molecule is N#Cc1c[nH]c(=O)c2c(/C(C=N)=C/N)nn(-c3c(F)cccc3F)c12. The Morgan fingerprint density at radius 2 is 2.08 bits per heavy atom. The minimum atomic E-state index is -0.923. The monoisotopic (exact) mass is 340 g/mol. The predicted molar refractivity (Wildman–Crippen MR) is 87.3 cm³/mol. The van der Waals surface area contributed by atoms with E-state index in [0.717, 1.165) is 35.4 Å². The highest BCUT2D eigenvalue weighted by molar-refractivity contribution is 6.12. The van der Waals surface area contributed by atoms with Crippen molar-refractivity contribution in [1.29, 1.82) is 10.7 Å². The molecule has 0 aliphatic carbocycles. The van der Waals surface area contributed by atoms with Crippen molar-refractivity contribution in [1.82, 2.24) is 14.8 Å². The summed E-state index contributed by atoms with van der Waals surface area (Å²) in [4.78, 5) is 14.6. The summed E-state index contributed by atoms with van der Waals surface area (Å²) in [5.74, 6) is -1.85. The Labute approximate surface area is 139 Å². The topological polar surface area (TPSA) is 124 Å². The van der Waals surface area contributed by atoms with Crippen molar-refractivity contribution < 1.29 is 8.78 Å². The van der Waals surface area contributed by atoms with Crippen LogP contribution in [0.25, 0.3) is 22.2 Å². The van der Waals surface area contributed by atoms with Gasteiger partial charge in [-0.3, -0.25) is 4.79 Å². The molecule has 0 amide bonds. The van der Waals surface area contributed by atoms with Crippen LogP contribution < -0.4 is 11.3 Å². The number of hydrogen-bond acceptors (Lipinski definition) is 5. The molecule has 0 spiro atoms. The molecule has 124 valence electrons. The molecule has 0 aliphatic rings. The number of nitrogens with zero attached hydrogens (tertiary/aromatic N) is 3. The first-order valence-electron chi connectivity index (χ1n) is 6.95. The van der Waals surface area contributed by atoms with Crippen molar-refractivity contribution in [2.45, 2.75) is 0 Å². The number of nitrogens with one attached hydrogen (secondary N) is 2. The molecule has 0 saturated carbocycles. The van der Waals surface area contributed by atoms with Crippen molar-refractivity contribution >= 4 is 22.7 Å². The van der Waals surface area contributed by atoms with E-state index in [1.54, 1.807) is 0 Å². The summed E-state index contributed by atoms with van der Waals surface area (Å²) in [6, 6.07) is 5.09. The number of benzene rings is 1. The molecule has 25 heavy (non-hydrogen) atoms. The van der Waals surface area contributed by atoms with Crippen LogP contribution in [0.2, 0.25) is 0 Å². The molecule has 0 fully saturated rings. The summed E-state index contributed by atoms with van der Waals surface area (Å²) in [7, 11) is 0. The van der Waals surface area contributed by atoms with E-state index in [9.17, 15) is 18.8 Å². The van der Waals surface area contributed by atoms with Crippen LogP contribution in [0.3, 0.4) is 0 Å². The van der Waals surface area contributed by atoms with Crippen LogP contribution in [-0.2, 0) is 0 Å². The number of aromatic amines is 1. The molecule has 2 heterocycles. The third kappa shape index (κ3) is 2.36. The summed E-state index contributed by atoms with van der Waals surface area (Å²) >= 11 is 0. The Balaban J connectivity index is 2.58. The van der Waals surface area contributed by atoms with Crippen LogP contribution in [0.15, 0.2) is 35.4 Å². The minimum Gasteiger partial charge on any atom is -0.404 e. The van der Waals surface area contributed by atoms with Crippen LogP contribution in [0, 0.1) is 28.4 Å². The summed E-state index contributed by atoms with van der Waals surface area (Å²) in [6.45, 7) is 0. The number of para-hydroxylation sites is 1. The molecule has 7 nitrogen and oxygen atoms in total. The molecule has 0 radical (unpaired) electrons. The standard InChI is InChI=1S/C16H10F2N6O/c17-10-2-1-3-11(18)15(10)24-14-9(6-21)7-22-16(25)12(14)13(23-24)8(4-19)5-20/h1-5,7,19H,20H2,(H,22,25)/b8-5+,19-4?. The molecular weight excluding hydrogens is 330 g/mol. The second-order valence-electron chi connectivity index (χ2n) is 4.96. The molecule has 4 N–H and O–H groups in total. The van der Waals surface area contributed by atoms with Gasteiger partial charge in [-0.2, -0.15) is 10.4 Å². The third-order valence-electron chi connectivity index (χ3n) is 3.59. The molecule has 3 aromatic rings. The number of nitriles is 1. The molecule has 2 aromatic heterocycles. The molecular formula is C16H10F2N6O. The van der Waals surface area contributed by atoms with E-state index in [1.165, 1.54) is 6.07 Å². The van der Waals surface area contributed by atoms with Gasteiger partial charge in [0.1, 0.15) is 17.5 Å². The largest absolute Gasteiger partial charge is 0.404 e. The van der Waals surface area contributed by atoms with Crippen molar-refractivity contribution in [3.05, 3.63) is 63.8 Å². The lowest BCUT2D eigenvalue weighted by Gasteiger charge is -2.06. The van der Waals surface area contributed by atoms with Gasteiger partial charge in [0.2, 0.25) is 0 Å². The zero-order chi connectivity index (χ0) is 18.1. The van der Waals surface area contributed by atoms with E-state index in [2.05, 4.69) is 10.1 Å². The van der Waals surface area contributed by atoms with E-state index in [4.69, 9.17) is 11.1 Å². The van der Waals surface area contributed by atoms with Gasteiger partial charge >= 0.3 is 0 Å². The molecule has 9 heteroatoms. The van der Waals surface area contributed by atoms with Gasteiger partial charge in [0.15, 0.2) is 11.6 Å². The van der Waals surface area contributed by atoms with Gasteiger partial charge in [-0.1, -0.05) is 6.07 Å². The normalized spacial score (nSPS) is 11.5. The lowest BCUT2D eigenvalue weighted by Crippen LogP contribution is -2.09. The summed E-state index contributed by atoms with van der Waals surface area (Å²) in [6.07, 6.45) is 3.01. The Morgan fingerprint density at radius 1 is 1.40 bits per heavy atom. The molecule has 0 saturated heterocycles.